The maximum atomic E-state index is 10.7. The van der Waals surface area contributed by atoms with Crippen molar-refractivity contribution in [2.24, 2.45) is 0 Å². The molecule has 0 bridgehead atoms. The number of aliphatic hydroxyl groups excluding tert-OH is 2. The van der Waals surface area contributed by atoms with E-state index < -0.39 is 11.9 Å². The van der Waals surface area contributed by atoms with Gasteiger partial charge in [-0.1, -0.05) is 0 Å². The number of carbonyl (C=O) groups is 4. The lowest BCUT2D eigenvalue weighted by Crippen LogP contribution is -2.55. The number of amides is 2. The van der Waals surface area contributed by atoms with Crippen molar-refractivity contribution in [3.8, 4) is 0 Å². The zero-order valence-corrected chi connectivity index (χ0v) is 15.6. The van der Waals surface area contributed by atoms with Crippen molar-refractivity contribution in [2.45, 2.75) is 0 Å². The number of carboxylic acid groups (broad SMARTS) is 2. The first-order chi connectivity index (χ1) is 13.3. The molecule has 0 aromatic heterocycles. The van der Waals surface area contributed by atoms with Crippen molar-refractivity contribution < 1.29 is 60.5 Å². The van der Waals surface area contributed by atoms with Gasteiger partial charge < -0.3 is 61.6 Å². The Balaban J connectivity index is -0.000000351. The topological polar surface area (TPSA) is 253 Å². The van der Waals surface area contributed by atoms with Crippen molar-refractivity contribution in [3.05, 3.63) is 0 Å². The molecule has 0 atom stereocenters. The first-order valence-corrected chi connectivity index (χ1v) is 8.18. The summed E-state index contributed by atoms with van der Waals surface area (Å²) in [4.78, 5) is 39.3. The van der Waals surface area contributed by atoms with Crippen molar-refractivity contribution in [3.63, 3.8) is 0 Å². The van der Waals surface area contributed by atoms with E-state index in [-0.39, 0.29) is 51.5 Å². The molecular formula is C14H30N4O10. The Morgan fingerprint density at radius 1 is 0.750 bits per heavy atom. The second-order valence-corrected chi connectivity index (χ2v) is 4.53. The van der Waals surface area contributed by atoms with Gasteiger partial charge in [-0.3, -0.25) is 9.59 Å². The first-order valence-electron chi connectivity index (χ1n) is 8.18. The fraction of sp³-hybridized carbons (Fsp3) is 0.714. The molecule has 0 aliphatic heterocycles. The van der Waals surface area contributed by atoms with Crippen LogP contribution in [0.3, 0.4) is 0 Å². The number of rotatable bonds is 12. The molecule has 0 radical (unpaired) electrons. The van der Waals surface area contributed by atoms with Crippen molar-refractivity contribution in [1.82, 2.24) is 10.6 Å². The number of carbonyl (C=O) groups excluding carboxylic acids is 4. The lowest BCUT2D eigenvalue weighted by atomic mass is 10.5. The molecule has 14 nitrogen and oxygen atoms in total. The lowest BCUT2D eigenvalue weighted by molar-refractivity contribution is -0.365. The van der Waals surface area contributed by atoms with Crippen molar-refractivity contribution in [2.75, 3.05) is 65.8 Å². The Hall–Kier alpha value is -2.36. The normalized spacial score (nSPS) is 9.14. The number of ether oxygens (including phenoxy) is 2. The van der Waals surface area contributed by atoms with Crippen LogP contribution in [0, 0.1) is 0 Å². The molecule has 166 valence electrons. The minimum Gasteiger partial charge on any atom is -0.543 e. The van der Waals surface area contributed by atoms with Crippen LogP contribution in [0.1, 0.15) is 0 Å². The minimum atomic E-state index is -2.19. The number of nitrogens with one attached hydrogen (secondary N) is 2. The van der Waals surface area contributed by atoms with Gasteiger partial charge in [-0.25, -0.2) is 0 Å². The molecule has 0 aromatic carbocycles. The van der Waals surface area contributed by atoms with Gasteiger partial charge in [-0.15, -0.1) is 0 Å². The number of aliphatic carboxylic acids is 2. The molecule has 0 heterocycles. The summed E-state index contributed by atoms with van der Waals surface area (Å²) >= 11 is 0. The van der Waals surface area contributed by atoms with Gasteiger partial charge in [0, 0.05) is 0 Å². The molecular weight excluding hydrogens is 384 g/mol. The molecule has 0 saturated heterocycles. The lowest BCUT2D eigenvalue weighted by Gasteiger charge is -2.01. The van der Waals surface area contributed by atoms with E-state index in [1.54, 1.807) is 0 Å². The highest BCUT2D eigenvalue weighted by Gasteiger charge is 1.99. The molecule has 0 aromatic rings. The highest BCUT2D eigenvalue weighted by molar-refractivity contribution is 6.25. The third-order valence-corrected chi connectivity index (χ3v) is 2.10. The van der Waals surface area contributed by atoms with E-state index in [0.717, 1.165) is 0 Å². The molecule has 0 aliphatic rings. The van der Waals surface area contributed by atoms with Crippen LogP contribution in [-0.2, 0) is 28.7 Å². The van der Waals surface area contributed by atoms with Gasteiger partial charge >= 0.3 is 0 Å². The first kappa shape index (κ1) is 30.4. The predicted octanol–water partition coefficient (Wildman–Crippen LogP) is -8.81. The second-order valence-electron chi connectivity index (χ2n) is 4.53. The molecule has 0 saturated carbocycles. The molecule has 2 amide bonds. The van der Waals surface area contributed by atoms with Crippen LogP contribution in [0.15, 0.2) is 0 Å². The molecule has 28 heavy (non-hydrogen) atoms. The van der Waals surface area contributed by atoms with Crippen LogP contribution in [0.25, 0.3) is 0 Å². The largest absolute Gasteiger partial charge is 0.543 e. The van der Waals surface area contributed by atoms with Crippen LogP contribution in [0.4, 0.5) is 0 Å². The third kappa shape index (κ3) is 31.4. The zero-order valence-electron chi connectivity index (χ0n) is 15.6. The van der Waals surface area contributed by atoms with E-state index in [1.165, 1.54) is 0 Å². The molecule has 14 heteroatoms. The van der Waals surface area contributed by atoms with Crippen molar-refractivity contribution in [1.29, 1.82) is 0 Å². The van der Waals surface area contributed by atoms with Gasteiger partial charge in [0.2, 0.25) is 11.8 Å². The quantitative estimate of drug-likeness (QED) is 0.130. The third-order valence-electron chi connectivity index (χ3n) is 2.10. The highest BCUT2D eigenvalue weighted by atomic mass is 16.5. The van der Waals surface area contributed by atoms with E-state index in [4.69, 9.17) is 39.5 Å². The van der Waals surface area contributed by atoms with Gasteiger partial charge in [0.25, 0.3) is 0 Å². The van der Waals surface area contributed by atoms with Gasteiger partial charge in [-0.2, -0.15) is 0 Å². The summed E-state index contributed by atoms with van der Waals surface area (Å²) in [7, 11) is 0. The maximum Gasteiger partial charge on any atom is 0.246 e. The van der Waals surface area contributed by atoms with E-state index >= 15 is 0 Å². The average molecular weight is 414 g/mol. The van der Waals surface area contributed by atoms with E-state index in [9.17, 15) is 9.59 Å². The SMILES string of the molecule is O=C([O-])C(=O)[O-].[NH3+]CCNC(=O)COCCO.[NH3+]CCNC(=O)COCCO. The number of hydrogen-bond donors (Lipinski definition) is 6. The maximum absolute atomic E-state index is 10.7. The molecule has 0 unspecified atom stereocenters. The van der Waals surface area contributed by atoms with Crippen LogP contribution >= 0.6 is 0 Å². The van der Waals surface area contributed by atoms with E-state index in [2.05, 4.69) is 22.1 Å². The summed E-state index contributed by atoms with van der Waals surface area (Å²) in [6.07, 6.45) is 0. The monoisotopic (exact) mass is 414 g/mol. The molecule has 0 spiro atoms. The molecule has 0 rings (SSSR count). The summed E-state index contributed by atoms with van der Waals surface area (Å²) in [5.74, 6) is -4.70. The van der Waals surface area contributed by atoms with Crippen LogP contribution in [0.2, 0.25) is 0 Å². The highest BCUT2D eigenvalue weighted by Crippen LogP contribution is 1.73. The number of hydrogen-bond acceptors (Lipinski definition) is 10. The molecule has 0 fully saturated rings. The zero-order chi connectivity index (χ0) is 22.2. The Morgan fingerprint density at radius 2 is 1.07 bits per heavy atom. The Morgan fingerprint density at radius 3 is 1.29 bits per heavy atom. The van der Waals surface area contributed by atoms with Gasteiger partial charge in [0.15, 0.2) is 0 Å². The second kappa shape index (κ2) is 24.6. The summed E-state index contributed by atoms with van der Waals surface area (Å²) in [6.45, 7) is 2.82. The standard InChI is InChI=1S/2C6H14N2O3.C2H2O4/c2*7-1-2-8-6(10)5-11-4-3-9;3-1(4)2(5)6/h2*9H,1-5,7H2,(H,8,10);(H,3,4)(H,5,6). The Bertz CT molecular complexity index is 385. The summed E-state index contributed by atoms with van der Waals surface area (Å²) in [6, 6.07) is 0. The summed E-state index contributed by atoms with van der Waals surface area (Å²) < 4.78 is 9.52. The average Bonchev–Trinajstić information content (AvgIpc) is 2.66. The Kier molecular flexibility index (Phi) is 26.7. The van der Waals surface area contributed by atoms with Gasteiger partial charge in [0.05, 0.1) is 64.5 Å². The summed E-state index contributed by atoms with van der Waals surface area (Å²) in [5.41, 5.74) is 7.12. The molecule has 0 aliphatic carbocycles. The van der Waals surface area contributed by atoms with E-state index in [1.807, 2.05) is 0 Å². The Labute approximate surface area is 161 Å². The van der Waals surface area contributed by atoms with Gasteiger partial charge in [0.1, 0.15) is 13.2 Å². The molecule has 10 N–H and O–H groups in total. The van der Waals surface area contributed by atoms with Crippen LogP contribution in [-0.4, -0.2) is 99.8 Å². The van der Waals surface area contributed by atoms with Crippen LogP contribution in [0.5, 0.6) is 0 Å². The predicted molar refractivity (Wildman–Crippen MR) is 87.4 cm³/mol. The fourth-order valence-electron chi connectivity index (χ4n) is 1.02. The fourth-order valence-corrected chi connectivity index (χ4v) is 1.02. The van der Waals surface area contributed by atoms with Gasteiger partial charge in [-0.05, 0) is 0 Å². The number of quaternary nitrogens is 2. The van der Waals surface area contributed by atoms with E-state index in [0.29, 0.717) is 26.2 Å². The number of aliphatic hydroxyl groups is 2. The summed E-state index contributed by atoms with van der Waals surface area (Å²) in [5, 5.41) is 39.6. The minimum absolute atomic E-state index is 0.0144. The van der Waals surface area contributed by atoms with Crippen LogP contribution < -0.4 is 32.3 Å². The smallest absolute Gasteiger partial charge is 0.246 e. The number of carboxylic acids is 2. The van der Waals surface area contributed by atoms with Crippen molar-refractivity contribution >= 4 is 23.8 Å².